The second kappa shape index (κ2) is 9.57. The molecule has 0 aliphatic heterocycles. The molecule has 0 saturated carbocycles. The lowest BCUT2D eigenvalue weighted by atomic mass is 10.1. The SMILES string of the molecule is CN(C)c1nc(-c2ccc3ccccc3c2)c(Oc2ccnc(Nc3cccc(S(N)(=O)=O)c3)c2)s1. The first-order chi connectivity index (χ1) is 17.3. The first kappa shape index (κ1) is 23.7. The molecule has 0 aliphatic rings. The number of hydrogen-bond donors (Lipinski definition) is 2. The maximum Gasteiger partial charge on any atom is 0.238 e. The van der Waals surface area contributed by atoms with E-state index >= 15 is 0 Å². The van der Waals surface area contributed by atoms with Crippen LogP contribution in [-0.4, -0.2) is 32.5 Å². The van der Waals surface area contributed by atoms with Gasteiger partial charge in [0.05, 0.1) is 4.90 Å². The number of hydrogen-bond acceptors (Lipinski definition) is 8. The highest BCUT2D eigenvalue weighted by Crippen LogP contribution is 2.42. The molecule has 0 fully saturated rings. The minimum Gasteiger partial charge on any atom is -0.444 e. The highest BCUT2D eigenvalue weighted by Gasteiger charge is 2.17. The Bertz CT molecular complexity index is 1670. The molecule has 0 saturated heterocycles. The van der Waals surface area contributed by atoms with Gasteiger partial charge in [0.15, 0.2) is 5.13 Å². The van der Waals surface area contributed by atoms with Gasteiger partial charge in [0.25, 0.3) is 0 Å². The van der Waals surface area contributed by atoms with Crippen molar-refractivity contribution in [1.29, 1.82) is 0 Å². The van der Waals surface area contributed by atoms with Crippen LogP contribution in [0.1, 0.15) is 0 Å². The summed E-state index contributed by atoms with van der Waals surface area (Å²) in [5.41, 5.74) is 2.25. The van der Waals surface area contributed by atoms with Crippen molar-refractivity contribution in [2.45, 2.75) is 4.90 Å². The van der Waals surface area contributed by atoms with Gasteiger partial charge in [0.2, 0.25) is 15.1 Å². The third-order valence-corrected chi connectivity index (χ3v) is 7.38. The fourth-order valence-corrected chi connectivity index (χ4v) is 5.07. The number of benzene rings is 3. The number of pyridine rings is 1. The highest BCUT2D eigenvalue weighted by atomic mass is 32.2. The van der Waals surface area contributed by atoms with Crippen LogP contribution in [0.3, 0.4) is 0 Å². The first-order valence-corrected chi connectivity index (χ1v) is 13.3. The van der Waals surface area contributed by atoms with Crippen LogP contribution in [-0.2, 0) is 10.0 Å². The van der Waals surface area contributed by atoms with E-state index < -0.39 is 10.0 Å². The van der Waals surface area contributed by atoms with Gasteiger partial charge in [-0.1, -0.05) is 53.8 Å². The summed E-state index contributed by atoms with van der Waals surface area (Å²) in [5, 5.41) is 12.1. The standard InChI is InChI=1S/C26H23N5O3S2/c1-31(2)26-30-24(19-11-10-17-6-3-4-7-18(17)14-19)25(35-26)34-21-12-13-28-23(16-21)29-20-8-5-9-22(15-20)36(27,32)33/h3-16H,1-2H3,(H,28,29)(H2,27,32,33). The number of rotatable bonds is 7. The van der Waals surface area contributed by atoms with Crippen LogP contribution in [0.5, 0.6) is 10.8 Å². The summed E-state index contributed by atoms with van der Waals surface area (Å²) >= 11 is 1.45. The van der Waals surface area contributed by atoms with Crippen molar-refractivity contribution in [2.24, 2.45) is 5.14 Å². The van der Waals surface area contributed by atoms with E-state index in [0.717, 1.165) is 27.2 Å². The number of nitrogens with two attached hydrogens (primary N) is 1. The quantitative estimate of drug-likeness (QED) is 0.289. The number of ether oxygens (including phenoxy) is 1. The van der Waals surface area contributed by atoms with Crippen molar-refractivity contribution >= 4 is 48.8 Å². The molecule has 10 heteroatoms. The molecule has 0 spiro atoms. The minimum absolute atomic E-state index is 0.0146. The molecule has 0 atom stereocenters. The number of fused-ring (bicyclic) bond motifs is 1. The van der Waals surface area contributed by atoms with E-state index in [0.29, 0.717) is 22.3 Å². The average molecular weight is 518 g/mol. The summed E-state index contributed by atoms with van der Waals surface area (Å²) in [7, 11) is 0.0719. The molecule has 0 aliphatic carbocycles. The number of nitrogens with zero attached hydrogens (tertiary/aromatic N) is 3. The third kappa shape index (κ3) is 5.15. The van der Waals surface area contributed by atoms with Crippen molar-refractivity contribution in [2.75, 3.05) is 24.3 Å². The maximum absolute atomic E-state index is 11.7. The largest absolute Gasteiger partial charge is 0.444 e. The second-order valence-corrected chi connectivity index (χ2v) is 10.8. The normalized spacial score (nSPS) is 11.4. The predicted molar refractivity (Wildman–Crippen MR) is 145 cm³/mol. The molecule has 0 bridgehead atoms. The van der Waals surface area contributed by atoms with Gasteiger partial charge in [-0.05, 0) is 41.1 Å². The van der Waals surface area contributed by atoms with Crippen LogP contribution in [0.4, 0.5) is 16.6 Å². The zero-order valence-corrected chi connectivity index (χ0v) is 21.2. The van der Waals surface area contributed by atoms with Gasteiger partial charge in [0.1, 0.15) is 17.3 Å². The number of primary sulfonamides is 1. The van der Waals surface area contributed by atoms with Crippen LogP contribution >= 0.6 is 11.3 Å². The monoisotopic (exact) mass is 517 g/mol. The maximum atomic E-state index is 11.7. The number of anilines is 3. The van der Waals surface area contributed by atoms with Crippen LogP contribution in [0, 0.1) is 0 Å². The van der Waals surface area contributed by atoms with E-state index in [4.69, 9.17) is 14.9 Å². The molecule has 182 valence electrons. The lowest BCUT2D eigenvalue weighted by Crippen LogP contribution is -2.12. The van der Waals surface area contributed by atoms with Crippen molar-refractivity contribution in [3.05, 3.63) is 85.1 Å². The zero-order chi connectivity index (χ0) is 25.3. The third-order valence-electron chi connectivity index (χ3n) is 5.37. The topological polar surface area (TPSA) is 110 Å². The van der Waals surface area contributed by atoms with Gasteiger partial charge >= 0.3 is 0 Å². The van der Waals surface area contributed by atoms with E-state index in [1.807, 2.05) is 37.2 Å². The van der Waals surface area contributed by atoms with Gasteiger partial charge in [-0.3, -0.25) is 0 Å². The molecule has 8 nitrogen and oxygen atoms in total. The highest BCUT2D eigenvalue weighted by molar-refractivity contribution is 7.89. The van der Waals surface area contributed by atoms with Crippen LogP contribution in [0.15, 0.2) is 90.0 Å². The Labute approximate surface area is 213 Å². The summed E-state index contributed by atoms with van der Waals surface area (Å²) in [5.74, 6) is 1.05. The number of thiazole rings is 1. The summed E-state index contributed by atoms with van der Waals surface area (Å²) < 4.78 is 29.6. The number of nitrogens with one attached hydrogen (secondary N) is 1. The molecule has 2 aromatic heterocycles. The number of aromatic nitrogens is 2. The first-order valence-electron chi connectivity index (χ1n) is 11.0. The van der Waals surface area contributed by atoms with E-state index in [1.165, 1.54) is 23.5 Å². The van der Waals surface area contributed by atoms with Gasteiger partial charge in [-0.2, -0.15) is 0 Å². The second-order valence-electron chi connectivity index (χ2n) is 8.27. The average Bonchev–Trinajstić information content (AvgIpc) is 3.28. The molecule has 2 heterocycles. The summed E-state index contributed by atoms with van der Waals surface area (Å²) in [6.45, 7) is 0. The Morgan fingerprint density at radius 2 is 1.75 bits per heavy atom. The lowest BCUT2D eigenvalue weighted by Gasteiger charge is -2.10. The summed E-state index contributed by atoms with van der Waals surface area (Å²) in [4.78, 5) is 11.1. The van der Waals surface area contributed by atoms with Gasteiger partial charge < -0.3 is 15.0 Å². The van der Waals surface area contributed by atoms with E-state index in [2.05, 4.69) is 34.6 Å². The van der Waals surface area contributed by atoms with Crippen LogP contribution < -0.4 is 20.1 Å². The molecule has 5 aromatic rings. The fraction of sp³-hybridized carbons (Fsp3) is 0.0769. The molecular weight excluding hydrogens is 494 g/mol. The van der Waals surface area contributed by atoms with Gasteiger partial charge in [0, 0.05) is 37.6 Å². The minimum atomic E-state index is -3.81. The molecular formula is C26H23N5O3S2. The molecule has 0 radical (unpaired) electrons. The number of sulfonamides is 1. The van der Waals surface area contributed by atoms with E-state index in [1.54, 1.807) is 30.5 Å². The van der Waals surface area contributed by atoms with Crippen molar-refractivity contribution in [1.82, 2.24) is 9.97 Å². The Balaban J connectivity index is 1.46. The van der Waals surface area contributed by atoms with E-state index in [-0.39, 0.29) is 4.90 Å². The summed E-state index contributed by atoms with van der Waals surface area (Å²) in [6.07, 6.45) is 1.62. The molecule has 3 N–H and O–H groups in total. The molecule has 3 aromatic carbocycles. The Morgan fingerprint density at radius 3 is 2.53 bits per heavy atom. The smallest absolute Gasteiger partial charge is 0.238 e. The van der Waals surface area contributed by atoms with Crippen LogP contribution in [0.25, 0.3) is 22.0 Å². The van der Waals surface area contributed by atoms with Gasteiger partial charge in [-0.15, -0.1) is 0 Å². The summed E-state index contributed by atoms with van der Waals surface area (Å²) in [6, 6.07) is 24.1. The molecule has 5 rings (SSSR count). The Hall–Kier alpha value is -3.99. The molecule has 36 heavy (non-hydrogen) atoms. The van der Waals surface area contributed by atoms with Crippen molar-refractivity contribution in [3.8, 4) is 22.1 Å². The Kier molecular flexibility index (Phi) is 6.31. The van der Waals surface area contributed by atoms with Crippen molar-refractivity contribution in [3.63, 3.8) is 0 Å². The predicted octanol–water partition coefficient (Wildman–Crippen LogP) is 5.61. The van der Waals surface area contributed by atoms with Crippen LogP contribution in [0.2, 0.25) is 0 Å². The van der Waals surface area contributed by atoms with Gasteiger partial charge in [-0.25, -0.2) is 23.5 Å². The lowest BCUT2D eigenvalue weighted by molar-refractivity contribution is 0.496. The van der Waals surface area contributed by atoms with Crippen molar-refractivity contribution < 1.29 is 13.2 Å². The molecule has 0 amide bonds. The molecule has 0 unspecified atom stereocenters. The Morgan fingerprint density at radius 1 is 0.944 bits per heavy atom. The van der Waals surface area contributed by atoms with E-state index in [9.17, 15) is 8.42 Å². The fourth-order valence-electron chi connectivity index (χ4n) is 3.62. The zero-order valence-electron chi connectivity index (χ0n) is 19.5.